The van der Waals surface area contributed by atoms with Gasteiger partial charge in [-0.2, -0.15) is 0 Å². The Labute approximate surface area is 125 Å². The Morgan fingerprint density at radius 1 is 1.52 bits per heavy atom. The SMILES string of the molecule is CCNC(C)c1cccc(F)c1N1CCC(NC(C)=O)C1. The Morgan fingerprint density at radius 2 is 2.29 bits per heavy atom. The highest BCUT2D eigenvalue weighted by molar-refractivity contribution is 5.73. The van der Waals surface area contributed by atoms with Gasteiger partial charge in [-0.3, -0.25) is 4.79 Å². The van der Waals surface area contributed by atoms with Gasteiger partial charge in [0.2, 0.25) is 5.91 Å². The Morgan fingerprint density at radius 3 is 2.95 bits per heavy atom. The second-order valence-electron chi connectivity index (χ2n) is 5.59. The lowest BCUT2D eigenvalue weighted by Gasteiger charge is -2.26. The van der Waals surface area contributed by atoms with Gasteiger partial charge in [-0.25, -0.2) is 4.39 Å². The van der Waals surface area contributed by atoms with Gasteiger partial charge in [-0.15, -0.1) is 0 Å². The summed E-state index contributed by atoms with van der Waals surface area (Å²) in [6.07, 6.45) is 0.850. The molecule has 1 aliphatic heterocycles. The number of anilines is 1. The first-order valence-electron chi connectivity index (χ1n) is 7.56. The monoisotopic (exact) mass is 293 g/mol. The van der Waals surface area contributed by atoms with Crippen molar-refractivity contribution >= 4 is 11.6 Å². The van der Waals surface area contributed by atoms with Crippen LogP contribution in [0.25, 0.3) is 0 Å². The van der Waals surface area contributed by atoms with E-state index in [2.05, 4.69) is 10.6 Å². The minimum absolute atomic E-state index is 0.0309. The van der Waals surface area contributed by atoms with Gasteiger partial charge in [0.05, 0.1) is 5.69 Å². The number of rotatable bonds is 5. The number of nitrogens with zero attached hydrogens (tertiary/aromatic N) is 1. The van der Waals surface area contributed by atoms with E-state index in [1.165, 1.54) is 13.0 Å². The van der Waals surface area contributed by atoms with Gasteiger partial charge in [-0.1, -0.05) is 19.1 Å². The molecule has 1 heterocycles. The molecule has 1 aromatic rings. The maximum atomic E-state index is 14.3. The number of halogens is 1. The zero-order valence-electron chi connectivity index (χ0n) is 12.9. The van der Waals surface area contributed by atoms with Crippen molar-refractivity contribution in [2.75, 3.05) is 24.5 Å². The second-order valence-corrected chi connectivity index (χ2v) is 5.59. The Hall–Kier alpha value is -1.62. The molecule has 2 unspecified atom stereocenters. The van der Waals surface area contributed by atoms with Crippen LogP contribution >= 0.6 is 0 Å². The number of carbonyl (C=O) groups excluding carboxylic acids is 1. The van der Waals surface area contributed by atoms with Crippen LogP contribution in [0.2, 0.25) is 0 Å². The van der Waals surface area contributed by atoms with Crippen LogP contribution in [-0.2, 0) is 4.79 Å². The molecule has 1 fully saturated rings. The molecule has 0 aromatic heterocycles. The molecule has 5 heteroatoms. The van der Waals surface area contributed by atoms with Crippen LogP contribution in [0.1, 0.15) is 38.8 Å². The van der Waals surface area contributed by atoms with E-state index in [1.807, 2.05) is 24.8 Å². The summed E-state index contributed by atoms with van der Waals surface area (Å²) in [5.74, 6) is -0.225. The predicted octanol–water partition coefficient (Wildman–Crippen LogP) is 2.21. The molecule has 1 saturated heterocycles. The summed E-state index contributed by atoms with van der Waals surface area (Å²) < 4.78 is 14.3. The topological polar surface area (TPSA) is 44.4 Å². The highest BCUT2D eigenvalue weighted by Gasteiger charge is 2.27. The van der Waals surface area contributed by atoms with Crippen LogP contribution in [-0.4, -0.2) is 31.6 Å². The number of amides is 1. The fourth-order valence-corrected chi connectivity index (χ4v) is 3.00. The number of para-hydroxylation sites is 1. The Kier molecular flexibility index (Phi) is 5.17. The van der Waals surface area contributed by atoms with Gasteiger partial charge in [0, 0.05) is 32.1 Å². The van der Waals surface area contributed by atoms with Crippen LogP contribution < -0.4 is 15.5 Å². The van der Waals surface area contributed by atoms with E-state index >= 15 is 0 Å². The van der Waals surface area contributed by atoms with Crippen LogP contribution in [0.3, 0.4) is 0 Å². The second kappa shape index (κ2) is 6.89. The van der Waals surface area contributed by atoms with Crippen LogP contribution in [0.5, 0.6) is 0 Å². The molecule has 1 aromatic carbocycles. The predicted molar refractivity (Wildman–Crippen MR) is 82.9 cm³/mol. The fourth-order valence-electron chi connectivity index (χ4n) is 3.00. The van der Waals surface area contributed by atoms with E-state index in [4.69, 9.17) is 0 Å². The summed E-state index contributed by atoms with van der Waals surface area (Å²) in [4.78, 5) is 13.2. The van der Waals surface area contributed by atoms with Crippen molar-refractivity contribution < 1.29 is 9.18 Å². The van der Waals surface area contributed by atoms with Crippen molar-refractivity contribution in [1.29, 1.82) is 0 Å². The lowest BCUT2D eigenvalue weighted by atomic mass is 10.0. The van der Waals surface area contributed by atoms with Crippen LogP contribution in [0, 0.1) is 5.82 Å². The summed E-state index contributed by atoms with van der Waals surface area (Å²) in [6.45, 7) is 7.86. The molecule has 21 heavy (non-hydrogen) atoms. The number of hydrogen-bond donors (Lipinski definition) is 2. The molecule has 0 saturated carbocycles. The van der Waals surface area contributed by atoms with Crippen molar-refractivity contribution in [2.45, 2.75) is 39.3 Å². The average Bonchev–Trinajstić information content (AvgIpc) is 2.85. The third-order valence-corrected chi connectivity index (χ3v) is 3.91. The highest BCUT2D eigenvalue weighted by atomic mass is 19.1. The lowest BCUT2D eigenvalue weighted by molar-refractivity contribution is -0.119. The van der Waals surface area contributed by atoms with Gasteiger partial charge in [-0.05, 0) is 31.5 Å². The van der Waals surface area contributed by atoms with Crippen molar-refractivity contribution in [3.05, 3.63) is 29.6 Å². The minimum atomic E-state index is -0.194. The third kappa shape index (κ3) is 3.73. The zero-order chi connectivity index (χ0) is 15.4. The maximum absolute atomic E-state index is 14.3. The van der Waals surface area contributed by atoms with Gasteiger partial charge in [0.25, 0.3) is 0 Å². The Bertz CT molecular complexity index is 506. The normalized spacial score (nSPS) is 19.6. The molecule has 0 aliphatic carbocycles. The van der Waals surface area contributed by atoms with E-state index in [0.29, 0.717) is 12.2 Å². The fraction of sp³-hybridized carbons (Fsp3) is 0.562. The number of nitrogens with one attached hydrogen (secondary N) is 2. The lowest BCUT2D eigenvalue weighted by Crippen LogP contribution is -2.36. The van der Waals surface area contributed by atoms with Gasteiger partial charge in [0.15, 0.2) is 0 Å². The molecule has 1 aliphatic rings. The summed E-state index contributed by atoms with van der Waals surface area (Å²) in [5.41, 5.74) is 1.64. The summed E-state index contributed by atoms with van der Waals surface area (Å²) in [6, 6.07) is 5.43. The summed E-state index contributed by atoms with van der Waals surface area (Å²) in [7, 11) is 0. The maximum Gasteiger partial charge on any atom is 0.217 e. The summed E-state index contributed by atoms with van der Waals surface area (Å²) >= 11 is 0. The molecule has 0 radical (unpaired) electrons. The molecule has 116 valence electrons. The van der Waals surface area contributed by atoms with E-state index in [-0.39, 0.29) is 23.8 Å². The van der Waals surface area contributed by atoms with Crippen molar-refractivity contribution in [2.24, 2.45) is 0 Å². The molecule has 1 amide bonds. The van der Waals surface area contributed by atoms with Gasteiger partial charge >= 0.3 is 0 Å². The van der Waals surface area contributed by atoms with Gasteiger partial charge in [0.1, 0.15) is 5.82 Å². The smallest absolute Gasteiger partial charge is 0.217 e. The van der Waals surface area contributed by atoms with Gasteiger partial charge < -0.3 is 15.5 Å². The first-order valence-corrected chi connectivity index (χ1v) is 7.56. The molecule has 2 N–H and O–H groups in total. The largest absolute Gasteiger partial charge is 0.367 e. The average molecular weight is 293 g/mol. The zero-order valence-corrected chi connectivity index (χ0v) is 12.9. The van der Waals surface area contributed by atoms with Crippen molar-refractivity contribution in [1.82, 2.24) is 10.6 Å². The number of benzene rings is 1. The van der Waals surface area contributed by atoms with Crippen molar-refractivity contribution in [3.63, 3.8) is 0 Å². The number of carbonyl (C=O) groups is 1. The Balaban J connectivity index is 2.21. The molecule has 2 rings (SSSR count). The number of hydrogen-bond acceptors (Lipinski definition) is 3. The molecular weight excluding hydrogens is 269 g/mol. The van der Waals surface area contributed by atoms with Crippen LogP contribution in [0.15, 0.2) is 18.2 Å². The third-order valence-electron chi connectivity index (χ3n) is 3.91. The van der Waals surface area contributed by atoms with E-state index < -0.39 is 0 Å². The summed E-state index contributed by atoms with van der Waals surface area (Å²) in [5, 5.41) is 6.25. The van der Waals surface area contributed by atoms with E-state index in [9.17, 15) is 9.18 Å². The standard InChI is InChI=1S/C16H24FN3O/c1-4-18-11(2)14-6-5-7-15(17)16(14)20-9-8-13(10-20)19-12(3)21/h5-7,11,13,18H,4,8-10H2,1-3H3,(H,19,21). The van der Waals surface area contributed by atoms with Crippen LogP contribution in [0.4, 0.5) is 10.1 Å². The quantitative estimate of drug-likeness (QED) is 0.875. The molecule has 0 spiro atoms. The van der Waals surface area contributed by atoms with Crippen molar-refractivity contribution in [3.8, 4) is 0 Å². The first kappa shape index (κ1) is 15.8. The minimum Gasteiger partial charge on any atom is -0.367 e. The van der Waals surface area contributed by atoms with E-state index in [1.54, 1.807) is 6.07 Å². The molecule has 0 bridgehead atoms. The molecular formula is C16H24FN3O. The first-order chi connectivity index (χ1) is 10.0. The van der Waals surface area contributed by atoms with E-state index in [0.717, 1.165) is 25.1 Å². The molecule has 2 atom stereocenters. The molecule has 4 nitrogen and oxygen atoms in total. The highest BCUT2D eigenvalue weighted by Crippen LogP contribution is 2.31.